The summed E-state index contributed by atoms with van der Waals surface area (Å²) in [6, 6.07) is 0.183. The first-order chi connectivity index (χ1) is 10.5. The van der Waals surface area contributed by atoms with E-state index in [0.717, 1.165) is 0 Å². The molecule has 0 saturated carbocycles. The molecule has 120 valence electrons. The molecule has 9 heteroatoms. The Kier molecular flexibility index (Phi) is 5.10. The van der Waals surface area contributed by atoms with Gasteiger partial charge in [0.25, 0.3) is 0 Å². The van der Waals surface area contributed by atoms with E-state index in [9.17, 15) is 0 Å². The lowest BCUT2D eigenvalue weighted by molar-refractivity contribution is 0.0715. The fourth-order valence-corrected chi connectivity index (χ4v) is 1.58. The van der Waals surface area contributed by atoms with E-state index in [1.165, 1.54) is 0 Å². The van der Waals surface area contributed by atoms with Crippen LogP contribution in [0.25, 0.3) is 0 Å². The Labute approximate surface area is 129 Å². The number of hydrazone groups is 1. The van der Waals surface area contributed by atoms with Gasteiger partial charge >= 0.3 is 6.01 Å². The third-order valence-corrected chi connectivity index (χ3v) is 2.65. The van der Waals surface area contributed by atoms with Crippen LogP contribution in [-0.2, 0) is 4.74 Å². The molecule has 0 spiro atoms. The molecule has 1 aromatic rings. The average molecular weight is 307 g/mol. The van der Waals surface area contributed by atoms with E-state index in [2.05, 4.69) is 25.5 Å². The summed E-state index contributed by atoms with van der Waals surface area (Å²) in [5, 5.41) is 4.08. The lowest BCUT2D eigenvalue weighted by Crippen LogP contribution is -2.31. The molecule has 1 unspecified atom stereocenters. The highest BCUT2D eigenvalue weighted by molar-refractivity contribution is 5.89. The fraction of sp³-hybridized carbons (Fsp3) is 0.538. The second-order valence-corrected chi connectivity index (χ2v) is 4.92. The van der Waals surface area contributed by atoms with Gasteiger partial charge < -0.3 is 19.3 Å². The van der Waals surface area contributed by atoms with Gasteiger partial charge in [-0.05, 0) is 13.0 Å². The van der Waals surface area contributed by atoms with Crippen molar-refractivity contribution in [3.63, 3.8) is 0 Å². The number of aromatic nitrogens is 3. The van der Waals surface area contributed by atoms with Crippen LogP contribution in [0.3, 0.4) is 0 Å². The minimum absolute atomic E-state index is 0.183. The van der Waals surface area contributed by atoms with E-state index < -0.39 is 0 Å². The quantitative estimate of drug-likeness (QED) is 0.826. The van der Waals surface area contributed by atoms with Gasteiger partial charge in [0.1, 0.15) is 0 Å². The molecule has 1 aliphatic rings. The molecule has 9 nitrogen and oxygen atoms in total. The predicted molar refractivity (Wildman–Crippen MR) is 84.2 cm³/mol. The predicted octanol–water partition coefficient (Wildman–Crippen LogP) is 0.218. The van der Waals surface area contributed by atoms with Crippen LogP contribution in [0.1, 0.15) is 6.92 Å². The van der Waals surface area contributed by atoms with Gasteiger partial charge in [0.15, 0.2) is 6.23 Å². The molecule has 2 heterocycles. The molecular weight excluding hydrogens is 286 g/mol. The maximum Gasteiger partial charge on any atom is 0.330 e. The van der Waals surface area contributed by atoms with Crippen molar-refractivity contribution in [2.45, 2.75) is 13.2 Å². The maximum atomic E-state index is 5.59. The third kappa shape index (κ3) is 4.04. The van der Waals surface area contributed by atoms with Gasteiger partial charge in [0.2, 0.25) is 17.8 Å². The van der Waals surface area contributed by atoms with Crippen LogP contribution in [0.2, 0.25) is 0 Å². The fourth-order valence-electron chi connectivity index (χ4n) is 1.58. The summed E-state index contributed by atoms with van der Waals surface area (Å²) in [4.78, 5) is 16.4. The first kappa shape index (κ1) is 16.0. The van der Waals surface area contributed by atoms with E-state index in [1.54, 1.807) is 15.9 Å². The zero-order valence-corrected chi connectivity index (χ0v) is 13.4. The Morgan fingerprint density at radius 1 is 1.09 bits per heavy atom. The second-order valence-electron chi connectivity index (χ2n) is 4.92. The number of hydrogen-bond donors (Lipinski definition) is 1. The number of hydrogen-bond acceptors (Lipinski definition) is 9. The Morgan fingerprint density at radius 3 is 2.18 bits per heavy atom. The van der Waals surface area contributed by atoms with Crippen molar-refractivity contribution in [2.75, 3.05) is 44.6 Å². The summed E-state index contributed by atoms with van der Waals surface area (Å²) >= 11 is 0. The molecule has 1 atom stereocenters. The highest BCUT2D eigenvalue weighted by Gasteiger charge is 2.14. The summed E-state index contributed by atoms with van der Waals surface area (Å²) in [5.41, 5.74) is 2.83. The second kappa shape index (κ2) is 7.03. The highest BCUT2D eigenvalue weighted by atomic mass is 16.5. The summed E-state index contributed by atoms with van der Waals surface area (Å²) in [6.07, 6.45) is 3.28. The maximum absolute atomic E-state index is 5.59. The molecule has 0 aromatic carbocycles. The number of nitrogens with zero attached hydrogens (tertiary/aromatic N) is 6. The molecular formula is C13H21N7O2. The molecule has 0 saturated heterocycles. The molecule has 0 bridgehead atoms. The average Bonchev–Trinajstić information content (AvgIpc) is 2.49. The molecule has 0 amide bonds. The van der Waals surface area contributed by atoms with Crippen molar-refractivity contribution >= 4 is 17.8 Å². The summed E-state index contributed by atoms with van der Waals surface area (Å²) in [6.45, 7) is 2.52. The Balaban J connectivity index is 2.14. The zero-order chi connectivity index (χ0) is 16.1. The van der Waals surface area contributed by atoms with Gasteiger partial charge in [-0.3, -0.25) is 5.43 Å². The molecule has 0 aliphatic carbocycles. The van der Waals surface area contributed by atoms with Crippen molar-refractivity contribution in [1.82, 2.24) is 20.4 Å². The van der Waals surface area contributed by atoms with Crippen LogP contribution >= 0.6 is 0 Å². The zero-order valence-electron chi connectivity index (χ0n) is 13.4. The smallest absolute Gasteiger partial charge is 0.330 e. The first-order valence-corrected chi connectivity index (χ1v) is 6.91. The number of nitrogens with one attached hydrogen (secondary N) is 1. The van der Waals surface area contributed by atoms with Gasteiger partial charge in [-0.25, -0.2) is 0 Å². The normalized spacial score (nSPS) is 16.8. The van der Waals surface area contributed by atoms with Crippen molar-refractivity contribution in [1.29, 1.82) is 0 Å². The summed E-state index contributed by atoms with van der Waals surface area (Å²) in [5.74, 6) is 1.38. The van der Waals surface area contributed by atoms with E-state index in [0.29, 0.717) is 24.4 Å². The SMILES string of the molecule is CCOC1C=CC(Oc2nc(N(C)C)nc(N(C)C)n2)=NN1. The van der Waals surface area contributed by atoms with Gasteiger partial charge in [-0.15, -0.1) is 5.10 Å². The molecule has 22 heavy (non-hydrogen) atoms. The van der Waals surface area contributed by atoms with Crippen molar-refractivity contribution < 1.29 is 9.47 Å². The lowest BCUT2D eigenvalue weighted by atomic mass is 10.4. The lowest BCUT2D eigenvalue weighted by Gasteiger charge is -2.18. The number of ether oxygens (including phenoxy) is 2. The van der Waals surface area contributed by atoms with Crippen LogP contribution in [0.4, 0.5) is 11.9 Å². The Hall–Kier alpha value is -2.42. The Morgan fingerprint density at radius 2 is 1.73 bits per heavy atom. The van der Waals surface area contributed by atoms with Crippen molar-refractivity contribution in [2.24, 2.45) is 5.10 Å². The molecule has 0 radical (unpaired) electrons. The topological polar surface area (TPSA) is 88.0 Å². The minimum atomic E-state index is -0.245. The number of rotatable bonds is 5. The van der Waals surface area contributed by atoms with Crippen LogP contribution in [0.5, 0.6) is 6.01 Å². The van der Waals surface area contributed by atoms with Gasteiger partial charge in [0.05, 0.1) is 0 Å². The van der Waals surface area contributed by atoms with E-state index in [-0.39, 0.29) is 12.2 Å². The Bertz CT molecular complexity index is 545. The monoisotopic (exact) mass is 307 g/mol. The summed E-state index contributed by atoms with van der Waals surface area (Å²) < 4.78 is 11.0. The van der Waals surface area contributed by atoms with Crippen LogP contribution < -0.4 is 20.0 Å². The van der Waals surface area contributed by atoms with Gasteiger partial charge in [-0.2, -0.15) is 15.0 Å². The molecule has 1 aliphatic heterocycles. The van der Waals surface area contributed by atoms with Gasteiger partial charge in [0, 0.05) is 40.9 Å². The van der Waals surface area contributed by atoms with E-state index >= 15 is 0 Å². The summed E-state index contributed by atoms with van der Waals surface area (Å²) in [7, 11) is 7.41. The molecule has 1 aromatic heterocycles. The molecule has 0 fully saturated rings. The van der Waals surface area contributed by atoms with E-state index in [1.807, 2.05) is 41.2 Å². The van der Waals surface area contributed by atoms with Crippen molar-refractivity contribution in [3.05, 3.63) is 12.2 Å². The van der Waals surface area contributed by atoms with Gasteiger partial charge in [-0.1, -0.05) is 0 Å². The van der Waals surface area contributed by atoms with E-state index in [4.69, 9.17) is 9.47 Å². The standard InChI is InChI=1S/C13H21N7O2/c1-6-21-9-7-8-10(18-17-9)22-13-15-11(19(2)3)14-12(16-13)20(4)5/h7-9,17H,6H2,1-5H3. The van der Waals surface area contributed by atoms with Crippen LogP contribution in [-0.4, -0.2) is 61.9 Å². The number of anilines is 2. The molecule has 2 rings (SSSR count). The first-order valence-electron chi connectivity index (χ1n) is 6.91. The van der Waals surface area contributed by atoms with Crippen molar-refractivity contribution in [3.8, 4) is 6.01 Å². The van der Waals surface area contributed by atoms with Crippen LogP contribution in [0.15, 0.2) is 17.3 Å². The van der Waals surface area contributed by atoms with Crippen LogP contribution in [0, 0.1) is 0 Å². The largest absolute Gasteiger partial charge is 0.404 e. The highest BCUT2D eigenvalue weighted by Crippen LogP contribution is 2.15. The minimum Gasteiger partial charge on any atom is -0.404 e. The third-order valence-electron chi connectivity index (χ3n) is 2.65. The molecule has 1 N–H and O–H groups in total.